The molecular weight excluding hydrogens is 290 g/mol. The predicted molar refractivity (Wildman–Crippen MR) is 90.9 cm³/mol. The number of rotatable bonds is 6. The number of likely N-dealkylation sites (tertiary alicyclic amines) is 1. The highest BCUT2D eigenvalue weighted by molar-refractivity contribution is 5.82. The summed E-state index contributed by atoms with van der Waals surface area (Å²) < 4.78 is 0. The van der Waals surface area contributed by atoms with Crippen LogP contribution in [0.1, 0.15) is 44.4 Å². The molecule has 0 aliphatic carbocycles. The van der Waals surface area contributed by atoms with Crippen LogP contribution >= 0.6 is 0 Å². The van der Waals surface area contributed by atoms with Crippen molar-refractivity contribution in [2.45, 2.75) is 58.7 Å². The fourth-order valence-electron chi connectivity index (χ4n) is 2.88. The summed E-state index contributed by atoms with van der Waals surface area (Å²) in [4.78, 5) is 19.1. The minimum absolute atomic E-state index is 0.151. The number of pyridine rings is 1. The van der Waals surface area contributed by atoms with Crippen molar-refractivity contribution in [3.63, 3.8) is 0 Å². The lowest BCUT2D eigenvalue weighted by Gasteiger charge is -2.33. The third-order valence-electron chi connectivity index (χ3n) is 4.28. The molecule has 1 aromatic heterocycles. The van der Waals surface area contributed by atoms with Gasteiger partial charge in [-0.2, -0.15) is 0 Å². The van der Waals surface area contributed by atoms with E-state index in [-0.39, 0.29) is 18.1 Å². The van der Waals surface area contributed by atoms with Crippen molar-refractivity contribution in [1.82, 2.24) is 15.2 Å². The maximum absolute atomic E-state index is 12.8. The fourth-order valence-corrected chi connectivity index (χ4v) is 2.88. The number of amides is 1. The molecule has 1 aromatic rings. The third kappa shape index (κ3) is 5.59. The SMILES string of the molecule is Cc1ccc(CN[C@@H](CC(C)C)C(=O)N2CCC(O)CC2)nc1. The van der Waals surface area contributed by atoms with Crippen molar-refractivity contribution in [3.05, 3.63) is 29.6 Å². The molecule has 1 aliphatic rings. The van der Waals surface area contributed by atoms with Crippen LogP contribution in [-0.2, 0) is 11.3 Å². The molecule has 2 N–H and O–H groups in total. The van der Waals surface area contributed by atoms with Gasteiger partial charge in [0.25, 0.3) is 0 Å². The molecule has 5 heteroatoms. The minimum atomic E-state index is -0.257. The van der Waals surface area contributed by atoms with E-state index in [0.29, 0.717) is 38.4 Å². The van der Waals surface area contributed by atoms with Crippen molar-refractivity contribution >= 4 is 5.91 Å². The van der Waals surface area contributed by atoms with Crippen LogP contribution in [0.25, 0.3) is 0 Å². The molecule has 2 heterocycles. The number of hydrogen-bond acceptors (Lipinski definition) is 4. The van der Waals surface area contributed by atoms with Crippen LogP contribution in [-0.4, -0.2) is 46.1 Å². The van der Waals surface area contributed by atoms with E-state index in [1.807, 2.05) is 30.2 Å². The predicted octanol–water partition coefficient (Wildman–Crippen LogP) is 1.88. The first-order chi connectivity index (χ1) is 11.0. The topological polar surface area (TPSA) is 65.5 Å². The van der Waals surface area contributed by atoms with Crippen LogP contribution in [0.5, 0.6) is 0 Å². The summed E-state index contributed by atoms with van der Waals surface area (Å²) in [6, 6.07) is 3.85. The highest BCUT2D eigenvalue weighted by Crippen LogP contribution is 2.14. The Kier molecular flexibility index (Phi) is 6.54. The number of piperidine rings is 1. The van der Waals surface area contributed by atoms with E-state index in [0.717, 1.165) is 17.7 Å². The average molecular weight is 319 g/mol. The van der Waals surface area contributed by atoms with Gasteiger partial charge in [-0.1, -0.05) is 19.9 Å². The zero-order valence-corrected chi connectivity index (χ0v) is 14.5. The molecule has 1 aliphatic heterocycles. The summed E-state index contributed by atoms with van der Waals surface area (Å²) in [6.07, 6.45) is 3.76. The maximum atomic E-state index is 12.8. The standard InChI is InChI=1S/C18H29N3O2/c1-13(2)10-17(18(23)21-8-6-16(22)7-9-21)20-12-15-5-4-14(3)11-19-15/h4-5,11,13,16-17,20,22H,6-10,12H2,1-3H3/t17-/m0/s1. The first kappa shape index (κ1) is 17.9. The number of hydrogen-bond donors (Lipinski definition) is 2. The number of aromatic nitrogens is 1. The lowest BCUT2D eigenvalue weighted by atomic mass is 10.0. The molecule has 0 saturated carbocycles. The molecule has 0 radical (unpaired) electrons. The van der Waals surface area contributed by atoms with E-state index < -0.39 is 0 Å². The van der Waals surface area contributed by atoms with Crippen LogP contribution in [0.15, 0.2) is 18.3 Å². The van der Waals surface area contributed by atoms with Crippen molar-refractivity contribution in [2.75, 3.05) is 13.1 Å². The summed E-state index contributed by atoms with van der Waals surface area (Å²) in [5.41, 5.74) is 2.08. The van der Waals surface area contributed by atoms with Crippen molar-refractivity contribution in [2.24, 2.45) is 5.92 Å². The van der Waals surface area contributed by atoms with Crippen molar-refractivity contribution in [1.29, 1.82) is 0 Å². The van der Waals surface area contributed by atoms with Crippen LogP contribution in [0.2, 0.25) is 0 Å². The first-order valence-electron chi connectivity index (χ1n) is 8.57. The van der Waals surface area contributed by atoms with E-state index in [9.17, 15) is 9.90 Å². The lowest BCUT2D eigenvalue weighted by molar-refractivity contribution is -0.136. The summed E-state index contributed by atoms with van der Waals surface area (Å²) in [5, 5.41) is 13.0. The van der Waals surface area contributed by atoms with Gasteiger partial charge in [0, 0.05) is 25.8 Å². The number of aliphatic hydroxyl groups is 1. The number of aryl methyl sites for hydroxylation is 1. The van der Waals surface area contributed by atoms with E-state index in [1.165, 1.54) is 0 Å². The van der Waals surface area contributed by atoms with Gasteiger partial charge in [0.2, 0.25) is 5.91 Å². The van der Waals surface area contributed by atoms with Crippen molar-refractivity contribution in [3.8, 4) is 0 Å². The molecule has 0 unspecified atom stereocenters. The van der Waals surface area contributed by atoms with Gasteiger partial charge >= 0.3 is 0 Å². The Morgan fingerprint density at radius 2 is 2.09 bits per heavy atom. The molecule has 1 amide bonds. The quantitative estimate of drug-likeness (QED) is 0.840. The van der Waals surface area contributed by atoms with E-state index >= 15 is 0 Å². The van der Waals surface area contributed by atoms with E-state index in [4.69, 9.17) is 0 Å². The Hall–Kier alpha value is -1.46. The Morgan fingerprint density at radius 3 is 2.65 bits per heavy atom. The van der Waals surface area contributed by atoms with Crippen molar-refractivity contribution < 1.29 is 9.90 Å². The highest BCUT2D eigenvalue weighted by Gasteiger charge is 2.27. The van der Waals surface area contributed by atoms with Gasteiger partial charge in [-0.15, -0.1) is 0 Å². The number of nitrogens with zero attached hydrogens (tertiary/aromatic N) is 2. The number of carbonyl (C=O) groups excluding carboxylic acids is 1. The molecule has 128 valence electrons. The third-order valence-corrected chi connectivity index (χ3v) is 4.28. The largest absolute Gasteiger partial charge is 0.393 e. The summed E-state index contributed by atoms with van der Waals surface area (Å²) in [6.45, 7) is 8.18. The van der Waals surface area contributed by atoms with Gasteiger partial charge in [0.1, 0.15) is 0 Å². The van der Waals surface area contributed by atoms with Gasteiger partial charge in [0.05, 0.1) is 17.8 Å². The average Bonchev–Trinajstić information content (AvgIpc) is 2.52. The normalized spacial score (nSPS) is 17.5. The van der Waals surface area contributed by atoms with Crippen LogP contribution < -0.4 is 5.32 Å². The van der Waals surface area contributed by atoms with Crippen LogP contribution in [0, 0.1) is 12.8 Å². The maximum Gasteiger partial charge on any atom is 0.239 e. The highest BCUT2D eigenvalue weighted by atomic mass is 16.3. The van der Waals surface area contributed by atoms with E-state index in [2.05, 4.69) is 24.1 Å². The Morgan fingerprint density at radius 1 is 1.39 bits per heavy atom. The summed E-state index contributed by atoms with van der Waals surface area (Å²) in [5.74, 6) is 0.593. The molecule has 23 heavy (non-hydrogen) atoms. The van der Waals surface area contributed by atoms with Crippen LogP contribution in [0.4, 0.5) is 0 Å². The zero-order chi connectivity index (χ0) is 16.8. The van der Waals surface area contributed by atoms with Crippen LogP contribution in [0.3, 0.4) is 0 Å². The molecule has 5 nitrogen and oxygen atoms in total. The second-order valence-electron chi connectivity index (χ2n) is 6.95. The van der Waals surface area contributed by atoms with Gasteiger partial charge in [-0.3, -0.25) is 9.78 Å². The molecular formula is C18H29N3O2. The fraction of sp³-hybridized carbons (Fsp3) is 0.667. The lowest BCUT2D eigenvalue weighted by Crippen LogP contribution is -2.50. The summed E-state index contributed by atoms with van der Waals surface area (Å²) >= 11 is 0. The minimum Gasteiger partial charge on any atom is -0.393 e. The molecule has 1 fully saturated rings. The van der Waals surface area contributed by atoms with E-state index in [1.54, 1.807) is 0 Å². The Bertz CT molecular complexity index is 493. The monoisotopic (exact) mass is 319 g/mol. The molecule has 0 bridgehead atoms. The smallest absolute Gasteiger partial charge is 0.239 e. The number of nitrogens with one attached hydrogen (secondary N) is 1. The molecule has 0 spiro atoms. The van der Waals surface area contributed by atoms with Gasteiger partial charge in [0.15, 0.2) is 0 Å². The van der Waals surface area contributed by atoms with Gasteiger partial charge in [-0.25, -0.2) is 0 Å². The second kappa shape index (κ2) is 8.41. The Labute approximate surface area is 139 Å². The Balaban J connectivity index is 1.95. The number of aliphatic hydroxyl groups excluding tert-OH is 1. The first-order valence-corrected chi connectivity index (χ1v) is 8.57. The van der Waals surface area contributed by atoms with Gasteiger partial charge < -0.3 is 15.3 Å². The molecule has 1 saturated heterocycles. The molecule has 2 rings (SSSR count). The molecule has 1 atom stereocenters. The zero-order valence-electron chi connectivity index (χ0n) is 14.5. The summed E-state index contributed by atoms with van der Waals surface area (Å²) in [7, 11) is 0. The second-order valence-corrected chi connectivity index (χ2v) is 6.95. The molecule has 0 aromatic carbocycles. The number of carbonyl (C=O) groups is 1. The van der Waals surface area contributed by atoms with Gasteiger partial charge in [-0.05, 0) is 43.7 Å².